The summed E-state index contributed by atoms with van der Waals surface area (Å²) in [5, 5.41) is 12.1. The molecule has 0 spiro atoms. The number of rotatable bonds is 6. The third-order valence-electron chi connectivity index (χ3n) is 4.96. The molecule has 28 heavy (non-hydrogen) atoms. The van der Waals surface area contributed by atoms with Crippen LogP contribution in [0, 0.1) is 20.8 Å². The Hall–Kier alpha value is -2.60. The predicted molar refractivity (Wildman–Crippen MR) is 113 cm³/mol. The van der Waals surface area contributed by atoms with Crippen LogP contribution in [0.2, 0.25) is 0 Å². The zero-order valence-corrected chi connectivity index (χ0v) is 17.2. The molecule has 1 fully saturated rings. The van der Waals surface area contributed by atoms with Crippen LogP contribution in [0.4, 0.5) is 5.69 Å². The minimum absolute atomic E-state index is 0.0482. The van der Waals surface area contributed by atoms with Crippen molar-refractivity contribution in [3.8, 4) is 0 Å². The number of nitrogens with one attached hydrogen (secondary N) is 1. The van der Waals surface area contributed by atoms with Gasteiger partial charge < -0.3 is 9.88 Å². The molecule has 1 N–H and O–H groups in total. The highest BCUT2D eigenvalue weighted by molar-refractivity contribution is 8.00. The van der Waals surface area contributed by atoms with E-state index in [2.05, 4.69) is 26.1 Å². The van der Waals surface area contributed by atoms with Crippen LogP contribution in [0.1, 0.15) is 46.6 Å². The molecule has 3 aromatic rings. The van der Waals surface area contributed by atoms with Gasteiger partial charge in [-0.3, -0.25) is 4.79 Å². The van der Waals surface area contributed by atoms with Crippen LogP contribution in [0.15, 0.2) is 53.7 Å². The summed E-state index contributed by atoms with van der Waals surface area (Å²) in [5.74, 6) is 0.861. The average Bonchev–Trinajstić information content (AvgIpc) is 3.46. The lowest BCUT2D eigenvalue weighted by molar-refractivity contribution is -0.115. The summed E-state index contributed by atoms with van der Waals surface area (Å²) in [4.78, 5) is 13.3. The number of hydrogen-bond donors (Lipinski definition) is 1. The Kier molecular flexibility index (Phi) is 5.22. The van der Waals surface area contributed by atoms with Gasteiger partial charge in [0.1, 0.15) is 11.1 Å². The minimum atomic E-state index is -0.401. The lowest BCUT2D eigenvalue weighted by Gasteiger charge is -2.18. The Morgan fingerprint density at radius 3 is 2.57 bits per heavy atom. The van der Waals surface area contributed by atoms with E-state index in [1.807, 2.05) is 63.2 Å². The number of anilines is 1. The van der Waals surface area contributed by atoms with E-state index in [1.165, 1.54) is 11.8 Å². The molecule has 144 valence electrons. The number of hydrogen-bond acceptors (Lipinski definition) is 4. The number of thioether (sulfide) groups is 1. The summed E-state index contributed by atoms with van der Waals surface area (Å²) in [5.41, 5.74) is 3.98. The number of carbonyl (C=O) groups is 1. The summed E-state index contributed by atoms with van der Waals surface area (Å²) in [6.45, 7) is 6.01. The summed E-state index contributed by atoms with van der Waals surface area (Å²) >= 11 is 1.47. The molecule has 0 bridgehead atoms. The van der Waals surface area contributed by atoms with E-state index in [-0.39, 0.29) is 5.91 Å². The van der Waals surface area contributed by atoms with E-state index < -0.39 is 5.25 Å². The Labute approximate surface area is 169 Å². The van der Waals surface area contributed by atoms with Crippen LogP contribution in [0.25, 0.3) is 0 Å². The van der Waals surface area contributed by atoms with Gasteiger partial charge in [-0.05, 0) is 56.4 Å². The smallest absolute Gasteiger partial charge is 0.242 e. The second-order valence-corrected chi connectivity index (χ2v) is 8.42. The average molecular weight is 393 g/mol. The molecule has 6 heteroatoms. The van der Waals surface area contributed by atoms with Crippen LogP contribution < -0.4 is 5.32 Å². The highest BCUT2D eigenvalue weighted by Crippen LogP contribution is 2.42. The van der Waals surface area contributed by atoms with Crippen LogP contribution in [0.3, 0.4) is 0 Å². The van der Waals surface area contributed by atoms with E-state index in [0.717, 1.165) is 46.2 Å². The third kappa shape index (κ3) is 3.97. The molecule has 1 unspecified atom stereocenters. The number of nitrogens with zero attached hydrogens (tertiary/aromatic N) is 3. The summed E-state index contributed by atoms with van der Waals surface area (Å²) in [7, 11) is 0. The first kappa shape index (κ1) is 18.7. The minimum Gasteiger partial charge on any atom is -0.325 e. The zero-order valence-electron chi connectivity index (χ0n) is 16.3. The third-order valence-corrected chi connectivity index (χ3v) is 6.17. The van der Waals surface area contributed by atoms with E-state index in [4.69, 9.17) is 0 Å². The highest BCUT2D eigenvalue weighted by Gasteiger charge is 2.31. The second-order valence-electron chi connectivity index (χ2n) is 7.35. The van der Waals surface area contributed by atoms with Crippen molar-refractivity contribution in [2.75, 3.05) is 5.32 Å². The van der Waals surface area contributed by atoms with Crippen molar-refractivity contribution in [1.82, 2.24) is 14.8 Å². The van der Waals surface area contributed by atoms with Gasteiger partial charge in [-0.25, -0.2) is 0 Å². The van der Waals surface area contributed by atoms with Crippen molar-refractivity contribution in [3.05, 3.63) is 71.0 Å². The largest absolute Gasteiger partial charge is 0.325 e. The Balaban J connectivity index is 1.64. The molecular weight excluding hydrogens is 368 g/mol. The number of aromatic nitrogens is 3. The van der Waals surface area contributed by atoms with Gasteiger partial charge in [0.25, 0.3) is 0 Å². The fourth-order valence-electron chi connectivity index (χ4n) is 3.26. The molecule has 1 aromatic heterocycles. The SMILES string of the molecule is Cc1ccc(C)c(NC(=O)C(Sc2nnc(C)n2C2CC2)c2ccccc2)c1. The summed E-state index contributed by atoms with van der Waals surface area (Å²) in [6, 6.07) is 16.4. The molecule has 1 atom stereocenters. The molecule has 1 amide bonds. The Morgan fingerprint density at radius 1 is 1.11 bits per heavy atom. The van der Waals surface area contributed by atoms with Crippen molar-refractivity contribution in [2.24, 2.45) is 0 Å². The van der Waals surface area contributed by atoms with Crippen molar-refractivity contribution in [3.63, 3.8) is 0 Å². The van der Waals surface area contributed by atoms with Gasteiger partial charge in [0.05, 0.1) is 0 Å². The first-order valence-corrected chi connectivity index (χ1v) is 10.4. The Morgan fingerprint density at radius 2 is 1.86 bits per heavy atom. The first-order valence-electron chi connectivity index (χ1n) is 9.54. The standard InChI is InChI=1S/C22H24N4OS/c1-14-9-10-15(2)19(13-14)23-21(27)20(17-7-5-4-6-8-17)28-22-25-24-16(3)26(22)18-11-12-18/h4-10,13,18,20H,11-12H2,1-3H3,(H,23,27). The van der Waals surface area contributed by atoms with Crippen LogP contribution >= 0.6 is 11.8 Å². The molecule has 2 aromatic carbocycles. The topological polar surface area (TPSA) is 59.8 Å². The van der Waals surface area contributed by atoms with Gasteiger partial charge in [-0.15, -0.1) is 10.2 Å². The number of benzene rings is 2. The van der Waals surface area contributed by atoms with E-state index in [1.54, 1.807) is 0 Å². The number of carbonyl (C=O) groups excluding carboxylic acids is 1. The summed E-state index contributed by atoms with van der Waals surface area (Å²) < 4.78 is 2.17. The molecule has 1 heterocycles. The van der Waals surface area contributed by atoms with Crippen molar-refractivity contribution in [1.29, 1.82) is 0 Å². The number of amides is 1. The van der Waals surface area contributed by atoms with Gasteiger partial charge in [-0.1, -0.05) is 54.2 Å². The second kappa shape index (κ2) is 7.80. The maximum atomic E-state index is 13.3. The molecule has 4 rings (SSSR count). The lowest BCUT2D eigenvalue weighted by Crippen LogP contribution is -2.20. The molecule has 1 aliphatic rings. The van der Waals surface area contributed by atoms with E-state index >= 15 is 0 Å². The van der Waals surface area contributed by atoms with Crippen LogP contribution in [-0.4, -0.2) is 20.7 Å². The quantitative estimate of drug-likeness (QED) is 0.599. The van der Waals surface area contributed by atoms with E-state index in [9.17, 15) is 4.79 Å². The fraction of sp³-hybridized carbons (Fsp3) is 0.318. The predicted octanol–water partition coefficient (Wildman–Crippen LogP) is 5.01. The molecule has 1 saturated carbocycles. The van der Waals surface area contributed by atoms with Gasteiger partial charge in [0.2, 0.25) is 5.91 Å². The van der Waals surface area contributed by atoms with Gasteiger partial charge in [0, 0.05) is 11.7 Å². The maximum Gasteiger partial charge on any atom is 0.242 e. The Bertz CT molecular complexity index is 995. The molecule has 1 aliphatic carbocycles. The van der Waals surface area contributed by atoms with Crippen molar-refractivity contribution < 1.29 is 4.79 Å². The zero-order chi connectivity index (χ0) is 19.7. The van der Waals surface area contributed by atoms with E-state index in [0.29, 0.717) is 6.04 Å². The number of aryl methyl sites for hydroxylation is 3. The van der Waals surface area contributed by atoms with Crippen LogP contribution in [0.5, 0.6) is 0 Å². The van der Waals surface area contributed by atoms with Gasteiger partial charge in [-0.2, -0.15) is 0 Å². The molecule has 0 radical (unpaired) electrons. The van der Waals surface area contributed by atoms with Gasteiger partial charge in [0.15, 0.2) is 5.16 Å². The lowest BCUT2D eigenvalue weighted by atomic mass is 10.1. The fourth-order valence-corrected chi connectivity index (χ4v) is 4.41. The molecule has 0 aliphatic heterocycles. The summed E-state index contributed by atoms with van der Waals surface area (Å²) in [6.07, 6.45) is 2.30. The maximum absolute atomic E-state index is 13.3. The molecular formula is C22H24N4OS. The van der Waals surface area contributed by atoms with Gasteiger partial charge >= 0.3 is 0 Å². The van der Waals surface area contributed by atoms with Crippen molar-refractivity contribution in [2.45, 2.75) is 50.1 Å². The highest BCUT2D eigenvalue weighted by atomic mass is 32.2. The normalized spacial score (nSPS) is 14.7. The van der Waals surface area contributed by atoms with Crippen molar-refractivity contribution >= 4 is 23.4 Å². The molecule has 5 nitrogen and oxygen atoms in total. The first-order chi connectivity index (χ1) is 13.5. The molecule has 0 saturated heterocycles. The monoisotopic (exact) mass is 392 g/mol. The van der Waals surface area contributed by atoms with Crippen LogP contribution in [-0.2, 0) is 4.79 Å².